The molecule has 0 spiro atoms. The van der Waals surface area contributed by atoms with Crippen LogP contribution in [-0.2, 0) is 6.18 Å². The molecule has 0 saturated heterocycles. The predicted octanol–water partition coefficient (Wildman–Crippen LogP) is 2.09. The first kappa shape index (κ1) is 9.70. The Balaban J connectivity index is 2.37. The van der Waals surface area contributed by atoms with Crippen LogP contribution in [0.5, 0.6) is 0 Å². The van der Waals surface area contributed by atoms with Crippen LogP contribution >= 0.6 is 0 Å². The van der Waals surface area contributed by atoms with Crippen LogP contribution in [0.2, 0.25) is 0 Å². The average Bonchev–Trinajstić information content (AvgIpc) is 2.67. The second-order valence-corrected chi connectivity index (χ2v) is 2.76. The van der Waals surface area contributed by atoms with E-state index in [1.54, 1.807) is 6.07 Å². The minimum atomic E-state index is -4.42. The number of alkyl halides is 3. The summed E-state index contributed by atoms with van der Waals surface area (Å²) in [6.45, 7) is 0. The standard InChI is InChI=1S/C9H5F3N3/c10-9(11,12)7-4-6-15(14-7)8-3-1-2-5-13-8/h1,3-6H. The van der Waals surface area contributed by atoms with E-state index in [-0.39, 0.29) is 0 Å². The Morgan fingerprint density at radius 1 is 1.27 bits per heavy atom. The smallest absolute Gasteiger partial charge is 0.236 e. The van der Waals surface area contributed by atoms with Crippen molar-refractivity contribution in [2.24, 2.45) is 0 Å². The molecule has 0 atom stereocenters. The van der Waals surface area contributed by atoms with Gasteiger partial charge in [0.05, 0.1) is 0 Å². The largest absolute Gasteiger partial charge is 0.435 e. The minimum Gasteiger partial charge on any atom is -0.236 e. The van der Waals surface area contributed by atoms with E-state index in [0.717, 1.165) is 10.7 Å². The maximum atomic E-state index is 12.2. The van der Waals surface area contributed by atoms with Crippen molar-refractivity contribution in [3.05, 3.63) is 42.4 Å². The highest BCUT2D eigenvalue weighted by molar-refractivity contribution is 5.21. The lowest BCUT2D eigenvalue weighted by Crippen LogP contribution is -2.07. The topological polar surface area (TPSA) is 30.7 Å². The summed E-state index contributed by atoms with van der Waals surface area (Å²) in [5, 5.41) is 3.37. The van der Waals surface area contributed by atoms with Gasteiger partial charge >= 0.3 is 6.18 Å². The van der Waals surface area contributed by atoms with Crippen molar-refractivity contribution in [2.75, 3.05) is 0 Å². The van der Waals surface area contributed by atoms with Gasteiger partial charge in [-0.25, -0.2) is 9.67 Å². The van der Waals surface area contributed by atoms with Gasteiger partial charge in [-0.3, -0.25) is 0 Å². The molecule has 6 heteroatoms. The number of hydrogen-bond donors (Lipinski definition) is 0. The molecule has 0 aliphatic rings. The normalized spacial score (nSPS) is 11.7. The molecule has 77 valence electrons. The Labute approximate surface area is 83.2 Å². The number of rotatable bonds is 1. The van der Waals surface area contributed by atoms with Crippen LogP contribution in [0.4, 0.5) is 13.2 Å². The van der Waals surface area contributed by atoms with Crippen LogP contribution in [0, 0.1) is 6.07 Å². The van der Waals surface area contributed by atoms with Crippen molar-refractivity contribution < 1.29 is 13.2 Å². The third-order valence-electron chi connectivity index (χ3n) is 1.71. The molecule has 2 aromatic rings. The van der Waals surface area contributed by atoms with Crippen molar-refractivity contribution in [1.82, 2.24) is 14.8 Å². The molecule has 15 heavy (non-hydrogen) atoms. The van der Waals surface area contributed by atoms with Gasteiger partial charge in [0.15, 0.2) is 11.5 Å². The molecule has 0 bridgehead atoms. The Bertz CT molecular complexity index is 447. The van der Waals surface area contributed by atoms with Crippen molar-refractivity contribution >= 4 is 0 Å². The molecular weight excluding hydrogens is 207 g/mol. The van der Waals surface area contributed by atoms with Gasteiger partial charge in [0.25, 0.3) is 0 Å². The number of aromatic nitrogens is 3. The first-order valence-corrected chi connectivity index (χ1v) is 4.03. The van der Waals surface area contributed by atoms with Crippen LogP contribution in [0.15, 0.2) is 30.6 Å². The molecule has 3 nitrogen and oxygen atoms in total. The van der Waals surface area contributed by atoms with Crippen LogP contribution in [-0.4, -0.2) is 14.8 Å². The Kier molecular flexibility index (Phi) is 2.18. The van der Waals surface area contributed by atoms with E-state index in [1.165, 1.54) is 18.5 Å². The second-order valence-electron chi connectivity index (χ2n) is 2.76. The Hall–Kier alpha value is -1.85. The molecule has 0 aromatic carbocycles. The van der Waals surface area contributed by atoms with Crippen molar-refractivity contribution in [2.45, 2.75) is 6.18 Å². The molecule has 0 amide bonds. The van der Waals surface area contributed by atoms with Crippen LogP contribution in [0.25, 0.3) is 5.82 Å². The summed E-state index contributed by atoms with van der Waals surface area (Å²) in [6, 6.07) is 6.64. The van der Waals surface area contributed by atoms with Crippen molar-refractivity contribution in [1.29, 1.82) is 0 Å². The maximum absolute atomic E-state index is 12.2. The molecule has 0 N–H and O–H groups in total. The minimum absolute atomic E-state index is 0.323. The summed E-state index contributed by atoms with van der Waals surface area (Å²) in [4.78, 5) is 3.82. The van der Waals surface area contributed by atoms with E-state index >= 15 is 0 Å². The first-order valence-electron chi connectivity index (χ1n) is 4.03. The fraction of sp³-hybridized carbons (Fsp3) is 0.111. The summed E-state index contributed by atoms with van der Waals surface area (Å²) >= 11 is 0. The Morgan fingerprint density at radius 2 is 2.07 bits per heavy atom. The molecule has 0 saturated carbocycles. The summed E-state index contributed by atoms with van der Waals surface area (Å²) in [5.74, 6) is 0.323. The van der Waals surface area contributed by atoms with Gasteiger partial charge in [-0.15, -0.1) is 0 Å². The van der Waals surface area contributed by atoms with Gasteiger partial charge in [0.1, 0.15) is 0 Å². The van der Waals surface area contributed by atoms with Gasteiger partial charge in [0.2, 0.25) is 0 Å². The fourth-order valence-electron chi connectivity index (χ4n) is 1.05. The summed E-state index contributed by atoms with van der Waals surface area (Å²) in [6.07, 6.45) is -1.85. The van der Waals surface area contributed by atoms with E-state index in [9.17, 15) is 13.2 Å². The SMILES string of the molecule is FC(F)(F)c1ccn(-c2cc[c]cn2)n1. The summed E-state index contributed by atoms with van der Waals surface area (Å²) in [5.41, 5.74) is -0.933. The predicted molar refractivity (Wildman–Crippen MR) is 45.2 cm³/mol. The molecule has 2 heterocycles. The van der Waals surface area contributed by atoms with Gasteiger partial charge in [-0.05, 0) is 18.2 Å². The molecule has 2 aromatic heterocycles. The molecular formula is C9H5F3N3. The van der Waals surface area contributed by atoms with Gasteiger partial charge in [0, 0.05) is 18.5 Å². The van der Waals surface area contributed by atoms with E-state index < -0.39 is 11.9 Å². The lowest BCUT2D eigenvalue weighted by atomic mass is 10.4. The molecule has 0 unspecified atom stereocenters. The molecule has 0 aliphatic heterocycles. The fourth-order valence-corrected chi connectivity index (χ4v) is 1.05. The highest BCUT2D eigenvalue weighted by Crippen LogP contribution is 2.27. The first-order chi connectivity index (χ1) is 7.07. The molecule has 2 rings (SSSR count). The number of hydrogen-bond acceptors (Lipinski definition) is 2. The van der Waals surface area contributed by atoms with Crippen molar-refractivity contribution in [3.8, 4) is 5.82 Å². The number of nitrogens with zero attached hydrogens (tertiary/aromatic N) is 3. The molecule has 0 fully saturated rings. The van der Waals surface area contributed by atoms with Gasteiger partial charge in [-0.2, -0.15) is 18.3 Å². The van der Waals surface area contributed by atoms with E-state index in [1.807, 2.05) is 0 Å². The number of halogens is 3. The monoisotopic (exact) mass is 212 g/mol. The van der Waals surface area contributed by atoms with Gasteiger partial charge in [-0.1, -0.05) is 0 Å². The van der Waals surface area contributed by atoms with Crippen LogP contribution in [0.1, 0.15) is 5.69 Å². The lowest BCUT2D eigenvalue weighted by Gasteiger charge is -2.01. The van der Waals surface area contributed by atoms with Crippen molar-refractivity contribution in [3.63, 3.8) is 0 Å². The quantitative estimate of drug-likeness (QED) is 0.724. The zero-order valence-corrected chi connectivity index (χ0v) is 7.36. The lowest BCUT2D eigenvalue weighted by molar-refractivity contribution is -0.141. The van der Waals surface area contributed by atoms with Gasteiger partial charge < -0.3 is 0 Å². The highest BCUT2D eigenvalue weighted by atomic mass is 19.4. The van der Waals surface area contributed by atoms with E-state index in [2.05, 4.69) is 16.1 Å². The third kappa shape index (κ3) is 1.98. The zero-order valence-electron chi connectivity index (χ0n) is 7.36. The maximum Gasteiger partial charge on any atom is 0.435 e. The zero-order chi connectivity index (χ0) is 10.9. The Morgan fingerprint density at radius 3 is 2.60 bits per heavy atom. The molecule has 1 radical (unpaired) electrons. The summed E-state index contributed by atoms with van der Waals surface area (Å²) in [7, 11) is 0. The highest BCUT2D eigenvalue weighted by Gasteiger charge is 2.33. The molecule has 0 aliphatic carbocycles. The van der Waals surface area contributed by atoms with Crippen LogP contribution in [0.3, 0.4) is 0 Å². The average molecular weight is 212 g/mol. The van der Waals surface area contributed by atoms with E-state index in [4.69, 9.17) is 0 Å². The third-order valence-corrected chi connectivity index (χ3v) is 1.71. The van der Waals surface area contributed by atoms with E-state index in [0.29, 0.717) is 5.82 Å². The summed E-state index contributed by atoms with van der Waals surface area (Å²) < 4.78 is 37.7. The number of pyridine rings is 1. The van der Waals surface area contributed by atoms with Crippen LogP contribution < -0.4 is 0 Å². The second kappa shape index (κ2) is 3.38.